The molecule has 0 N–H and O–H groups in total. The Kier molecular flexibility index (Phi) is 5.53. The smallest absolute Gasteiger partial charge is 0.327 e. The summed E-state index contributed by atoms with van der Waals surface area (Å²) in [6.07, 6.45) is -1.55. The minimum absolute atomic E-state index is 0.00774. The van der Waals surface area contributed by atoms with E-state index in [0.717, 1.165) is 5.56 Å². The Balaban J connectivity index is 1.93. The molecule has 0 unspecified atom stereocenters. The summed E-state index contributed by atoms with van der Waals surface area (Å²) in [7, 11) is 2.47. The number of hydrogen-bond donors (Lipinski definition) is 0. The third kappa shape index (κ3) is 3.70. The lowest BCUT2D eigenvalue weighted by atomic mass is 9.80. The van der Waals surface area contributed by atoms with Crippen LogP contribution in [0.1, 0.15) is 19.4 Å². The number of carbonyl (C=O) groups excluding carboxylic acids is 2. The number of carbonyl (C=O) groups is 2. The lowest BCUT2D eigenvalue weighted by Crippen LogP contribution is -2.54. The van der Waals surface area contributed by atoms with Crippen LogP contribution < -0.4 is 0 Å². The number of hydrogen-bond acceptors (Lipinski definition) is 8. The van der Waals surface area contributed by atoms with Crippen LogP contribution in [-0.4, -0.2) is 62.4 Å². The van der Waals surface area contributed by atoms with Crippen LogP contribution in [0.25, 0.3) is 0 Å². The number of esters is 2. The summed E-state index contributed by atoms with van der Waals surface area (Å²) in [4.78, 5) is 31.5. The van der Waals surface area contributed by atoms with E-state index in [1.54, 1.807) is 18.9 Å². The largest absolute Gasteiger partial charge is 0.468 e. The van der Waals surface area contributed by atoms with Crippen molar-refractivity contribution in [3.05, 3.63) is 35.9 Å². The normalized spacial score (nSPS) is 26.7. The first-order valence-corrected chi connectivity index (χ1v) is 8.76. The van der Waals surface area contributed by atoms with Crippen molar-refractivity contribution >= 4 is 11.9 Å². The monoisotopic (exact) mass is 379 g/mol. The molecule has 2 fully saturated rings. The quantitative estimate of drug-likeness (QED) is 0.559. The number of benzene rings is 1. The van der Waals surface area contributed by atoms with Gasteiger partial charge in [-0.25, -0.2) is 0 Å². The van der Waals surface area contributed by atoms with E-state index >= 15 is 0 Å². The van der Waals surface area contributed by atoms with Crippen molar-refractivity contribution in [1.82, 2.24) is 5.06 Å². The van der Waals surface area contributed by atoms with Gasteiger partial charge in [-0.05, 0) is 19.4 Å². The minimum atomic E-state index is -1.66. The first kappa shape index (κ1) is 19.8. The van der Waals surface area contributed by atoms with Crippen LogP contribution in [0, 0.1) is 5.41 Å². The Morgan fingerprint density at radius 1 is 1.15 bits per heavy atom. The van der Waals surface area contributed by atoms with Crippen molar-refractivity contribution in [1.29, 1.82) is 0 Å². The molecule has 2 aliphatic rings. The van der Waals surface area contributed by atoms with E-state index in [-0.39, 0.29) is 13.2 Å². The van der Waals surface area contributed by atoms with Gasteiger partial charge in [0.15, 0.2) is 5.79 Å². The maximum Gasteiger partial charge on any atom is 0.327 e. The minimum Gasteiger partial charge on any atom is -0.468 e. The molecule has 0 saturated carbocycles. The van der Waals surface area contributed by atoms with Crippen LogP contribution >= 0.6 is 0 Å². The second-order valence-electron chi connectivity index (χ2n) is 7.13. The van der Waals surface area contributed by atoms with Crippen molar-refractivity contribution in [2.45, 2.75) is 38.4 Å². The zero-order chi connectivity index (χ0) is 19.7. The predicted molar refractivity (Wildman–Crippen MR) is 93.1 cm³/mol. The summed E-state index contributed by atoms with van der Waals surface area (Å²) >= 11 is 0. The van der Waals surface area contributed by atoms with E-state index in [4.69, 9.17) is 23.8 Å². The molecule has 0 radical (unpaired) electrons. The average molecular weight is 379 g/mol. The molecular formula is C19H25NO7. The molecule has 1 aromatic rings. The Morgan fingerprint density at radius 3 is 2.30 bits per heavy atom. The highest BCUT2D eigenvalue weighted by atomic mass is 16.8. The number of hydroxylamine groups is 2. The van der Waals surface area contributed by atoms with Crippen LogP contribution in [0.15, 0.2) is 30.3 Å². The summed E-state index contributed by atoms with van der Waals surface area (Å²) in [5, 5.41) is 1.57. The Morgan fingerprint density at radius 2 is 1.78 bits per heavy atom. The Hall–Kier alpha value is -2.00. The number of ether oxygens (including phenoxy) is 4. The van der Waals surface area contributed by atoms with Gasteiger partial charge in [0.1, 0.15) is 12.2 Å². The lowest BCUT2D eigenvalue weighted by molar-refractivity contribution is -0.211. The molecule has 2 saturated heterocycles. The highest BCUT2D eigenvalue weighted by Crippen LogP contribution is 2.42. The molecule has 0 aromatic heterocycles. The zero-order valence-electron chi connectivity index (χ0n) is 16.0. The van der Waals surface area contributed by atoms with Crippen LogP contribution in [0.3, 0.4) is 0 Å². The van der Waals surface area contributed by atoms with Gasteiger partial charge < -0.3 is 18.9 Å². The SMILES string of the molecule is COC(=O)C1(C(=O)OC)CN(Cc2ccccc2)O[C@@H]1[C@H]1COC(C)(C)O1. The van der Waals surface area contributed by atoms with Gasteiger partial charge in [-0.3, -0.25) is 14.4 Å². The summed E-state index contributed by atoms with van der Waals surface area (Å²) in [5.74, 6) is -2.27. The topological polar surface area (TPSA) is 83.5 Å². The second kappa shape index (κ2) is 7.55. The van der Waals surface area contributed by atoms with Crippen molar-refractivity contribution in [3.8, 4) is 0 Å². The molecule has 2 atom stereocenters. The molecule has 8 heteroatoms. The van der Waals surface area contributed by atoms with E-state index in [0.29, 0.717) is 6.54 Å². The lowest BCUT2D eigenvalue weighted by Gasteiger charge is -2.30. The van der Waals surface area contributed by atoms with E-state index in [1.165, 1.54) is 14.2 Å². The molecule has 3 rings (SSSR count). The molecule has 0 spiro atoms. The average Bonchev–Trinajstić information content (AvgIpc) is 3.21. The van der Waals surface area contributed by atoms with E-state index < -0.39 is 35.3 Å². The van der Waals surface area contributed by atoms with Gasteiger partial charge in [0.2, 0.25) is 5.41 Å². The summed E-state index contributed by atoms with van der Waals surface area (Å²) in [5.41, 5.74) is -0.682. The molecule has 0 amide bonds. The summed E-state index contributed by atoms with van der Waals surface area (Å²) < 4.78 is 21.4. The fourth-order valence-electron chi connectivity index (χ4n) is 3.60. The standard InChI is InChI=1S/C19H25NO7/c1-18(2)25-11-14(26-18)15-19(16(21)23-3,17(22)24-4)12-20(27-15)10-13-8-6-5-7-9-13/h5-9,14-15H,10-12H2,1-4H3/t14-,15-/m1/s1. The zero-order valence-corrected chi connectivity index (χ0v) is 16.0. The molecule has 2 aliphatic heterocycles. The number of rotatable bonds is 5. The molecule has 0 bridgehead atoms. The number of methoxy groups -OCH3 is 2. The third-order valence-corrected chi connectivity index (χ3v) is 4.84. The predicted octanol–water partition coefficient (Wildman–Crippen LogP) is 1.29. The molecule has 2 heterocycles. The van der Waals surface area contributed by atoms with Gasteiger partial charge in [0.25, 0.3) is 0 Å². The summed E-state index contributed by atoms with van der Waals surface area (Å²) in [6, 6.07) is 9.61. The van der Waals surface area contributed by atoms with Crippen molar-refractivity contribution in [3.63, 3.8) is 0 Å². The molecule has 0 aliphatic carbocycles. The molecule has 148 valence electrons. The molecular weight excluding hydrogens is 354 g/mol. The van der Waals surface area contributed by atoms with Gasteiger partial charge >= 0.3 is 11.9 Å². The van der Waals surface area contributed by atoms with Crippen molar-refractivity contribution in [2.75, 3.05) is 27.4 Å². The Bertz CT molecular complexity index is 675. The van der Waals surface area contributed by atoms with Gasteiger partial charge in [0, 0.05) is 6.54 Å². The van der Waals surface area contributed by atoms with Crippen LogP contribution in [0.5, 0.6) is 0 Å². The molecule has 27 heavy (non-hydrogen) atoms. The van der Waals surface area contributed by atoms with Crippen molar-refractivity contribution in [2.24, 2.45) is 5.41 Å². The second-order valence-corrected chi connectivity index (χ2v) is 7.13. The van der Waals surface area contributed by atoms with Crippen LogP contribution in [-0.2, 0) is 39.9 Å². The first-order chi connectivity index (χ1) is 12.8. The van der Waals surface area contributed by atoms with Gasteiger partial charge in [0.05, 0.1) is 27.4 Å². The first-order valence-electron chi connectivity index (χ1n) is 8.76. The van der Waals surface area contributed by atoms with E-state index in [1.807, 2.05) is 30.3 Å². The van der Waals surface area contributed by atoms with Gasteiger partial charge in [-0.2, -0.15) is 5.06 Å². The summed E-state index contributed by atoms with van der Waals surface area (Å²) in [6.45, 7) is 4.10. The van der Waals surface area contributed by atoms with Crippen LogP contribution in [0.4, 0.5) is 0 Å². The fraction of sp³-hybridized carbons (Fsp3) is 0.579. The number of nitrogens with zero attached hydrogens (tertiary/aromatic N) is 1. The Labute approximate surface area is 158 Å². The molecule has 1 aromatic carbocycles. The van der Waals surface area contributed by atoms with E-state index in [2.05, 4.69) is 0 Å². The third-order valence-electron chi connectivity index (χ3n) is 4.84. The molecule has 8 nitrogen and oxygen atoms in total. The van der Waals surface area contributed by atoms with E-state index in [9.17, 15) is 9.59 Å². The van der Waals surface area contributed by atoms with Crippen LogP contribution in [0.2, 0.25) is 0 Å². The van der Waals surface area contributed by atoms with Gasteiger partial charge in [-0.1, -0.05) is 30.3 Å². The van der Waals surface area contributed by atoms with Crippen molar-refractivity contribution < 1.29 is 33.4 Å². The highest BCUT2D eigenvalue weighted by molar-refractivity contribution is 6.01. The maximum absolute atomic E-state index is 12.7. The maximum atomic E-state index is 12.7. The van der Waals surface area contributed by atoms with Gasteiger partial charge in [-0.15, -0.1) is 0 Å². The highest BCUT2D eigenvalue weighted by Gasteiger charge is 2.65. The fourth-order valence-corrected chi connectivity index (χ4v) is 3.60.